The van der Waals surface area contributed by atoms with Crippen LogP contribution in [0.1, 0.15) is 19.8 Å². The number of nitrogens with two attached hydrogens (primary N) is 1. The van der Waals surface area contributed by atoms with Crippen molar-refractivity contribution >= 4 is 17.4 Å². The maximum Gasteiger partial charge on any atom is 0.330 e. The minimum Gasteiger partial charge on any atom is -0.484 e. The van der Waals surface area contributed by atoms with Crippen LogP contribution < -0.4 is 26.6 Å². The molecule has 0 atom stereocenters. The highest BCUT2D eigenvalue weighted by Crippen LogP contribution is 2.18. The molecule has 28 heavy (non-hydrogen) atoms. The first-order valence-corrected chi connectivity index (χ1v) is 9.09. The Bertz CT molecular complexity index is 891. The van der Waals surface area contributed by atoms with Crippen LogP contribution in [-0.4, -0.2) is 42.3 Å². The van der Waals surface area contributed by atoms with Crippen molar-refractivity contribution in [2.75, 3.05) is 37.5 Å². The van der Waals surface area contributed by atoms with Crippen LogP contribution in [0.25, 0.3) is 0 Å². The van der Waals surface area contributed by atoms with Crippen molar-refractivity contribution < 1.29 is 14.3 Å². The van der Waals surface area contributed by atoms with Gasteiger partial charge in [0.15, 0.2) is 12.3 Å². The molecule has 0 fully saturated rings. The Morgan fingerprint density at radius 2 is 1.96 bits per heavy atom. The van der Waals surface area contributed by atoms with Gasteiger partial charge in [-0.05, 0) is 18.6 Å². The highest BCUT2D eigenvalue weighted by molar-refractivity contribution is 5.96. The number of para-hydroxylation sites is 1. The Kier molecular flexibility index (Phi) is 7.82. The molecule has 0 unspecified atom stereocenters. The van der Waals surface area contributed by atoms with E-state index in [2.05, 4.69) is 4.98 Å². The fourth-order valence-corrected chi connectivity index (χ4v) is 2.66. The molecule has 3 N–H and O–H groups in total. The molecule has 9 nitrogen and oxygen atoms in total. The average molecular weight is 390 g/mol. The number of carbonyl (C=O) groups excluding carboxylic acids is 1. The average Bonchev–Trinajstić information content (AvgIpc) is 2.69. The van der Waals surface area contributed by atoms with E-state index in [4.69, 9.17) is 15.2 Å². The lowest BCUT2D eigenvalue weighted by atomic mass is 10.3. The maximum absolute atomic E-state index is 12.8. The molecule has 0 aliphatic heterocycles. The Morgan fingerprint density at radius 3 is 2.61 bits per heavy atom. The number of anilines is 2. The molecule has 9 heteroatoms. The van der Waals surface area contributed by atoms with E-state index < -0.39 is 17.2 Å². The molecule has 0 radical (unpaired) electrons. The van der Waals surface area contributed by atoms with Crippen molar-refractivity contribution in [3.8, 4) is 5.75 Å². The summed E-state index contributed by atoms with van der Waals surface area (Å²) in [5.74, 6) is 0.00231. The van der Waals surface area contributed by atoms with Crippen LogP contribution in [0.3, 0.4) is 0 Å². The predicted octanol–water partition coefficient (Wildman–Crippen LogP) is 0.977. The fourth-order valence-electron chi connectivity index (χ4n) is 2.66. The van der Waals surface area contributed by atoms with E-state index in [-0.39, 0.29) is 31.3 Å². The number of nitrogens with zero attached hydrogens (tertiary/aromatic N) is 2. The van der Waals surface area contributed by atoms with Crippen molar-refractivity contribution in [1.82, 2.24) is 9.55 Å². The molecule has 2 aromatic rings. The van der Waals surface area contributed by atoms with Gasteiger partial charge in [-0.1, -0.05) is 31.5 Å². The summed E-state index contributed by atoms with van der Waals surface area (Å²) in [5, 5.41) is 0. The zero-order chi connectivity index (χ0) is 20.5. The summed E-state index contributed by atoms with van der Waals surface area (Å²) in [6.45, 7) is 2.30. The molecule has 0 aliphatic rings. The number of nitrogens with one attached hydrogen (secondary N) is 1. The summed E-state index contributed by atoms with van der Waals surface area (Å²) in [7, 11) is 1.49. The van der Waals surface area contributed by atoms with Crippen LogP contribution in [0.2, 0.25) is 0 Å². The van der Waals surface area contributed by atoms with Gasteiger partial charge in [0.25, 0.3) is 11.5 Å². The molecule has 1 amide bonds. The molecule has 0 saturated carbocycles. The number of ether oxygens (including phenoxy) is 2. The molecule has 0 aliphatic carbocycles. The maximum atomic E-state index is 12.8. The lowest BCUT2D eigenvalue weighted by molar-refractivity contribution is -0.120. The topological polar surface area (TPSA) is 120 Å². The van der Waals surface area contributed by atoms with Crippen LogP contribution in [0.4, 0.5) is 11.5 Å². The highest BCUT2D eigenvalue weighted by Gasteiger charge is 2.24. The fraction of sp³-hybridized carbons (Fsp3) is 0.421. The Morgan fingerprint density at radius 1 is 1.25 bits per heavy atom. The molecule has 1 heterocycles. The van der Waals surface area contributed by atoms with Crippen molar-refractivity contribution in [3.05, 3.63) is 51.2 Å². The second-order valence-electron chi connectivity index (χ2n) is 6.14. The van der Waals surface area contributed by atoms with Crippen LogP contribution >= 0.6 is 0 Å². The van der Waals surface area contributed by atoms with Gasteiger partial charge in [-0.15, -0.1) is 0 Å². The number of methoxy groups -OCH3 is 1. The van der Waals surface area contributed by atoms with Crippen LogP contribution in [-0.2, 0) is 16.1 Å². The van der Waals surface area contributed by atoms with E-state index in [0.29, 0.717) is 18.7 Å². The largest absolute Gasteiger partial charge is 0.484 e. The van der Waals surface area contributed by atoms with Crippen molar-refractivity contribution in [1.29, 1.82) is 0 Å². The number of unbranched alkanes of at least 4 members (excludes halogenated alkanes) is 1. The molecule has 1 aromatic heterocycles. The number of aromatic nitrogens is 2. The lowest BCUT2D eigenvalue weighted by Gasteiger charge is -2.24. The molecule has 1 aromatic carbocycles. The van der Waals surface area contributed by atoms with Crippen molar-refractivity contribution in [2.45, 2.75) is 26.3 Å². The van der Waals surface area contributed by atoms with Gasteiger partial charge in [-0.3, -0.25) is 24.0 Å². The van der Waals surface area contributed by atoms with Crippen LogP contribution in [0, 0.1) is 0 Å². The molecule has 0 spiro atoms. The summed E-state index contributed by atoms with van der Waals surface area (Å²) in [6, 6.07) is 8.85. The third-order valence-corrected chi connectivity index (χ3v) is 4.14. The van der Waals surface area contributed by atoms with Gasteiger partial charge in [0.05, 0.1) is 6.61 Å². The Hall–Kier alpha value is -3.07. The Labute approximate surface area is 162 Å². The van der Waals surface area contributed by atoms with E-state index in [0.717, 1.165) is 6.42 Å². The Balaban J connectivity index is 2.34. The molecule has 0 bridgehead atoms. The first kappa shape index (κ1) is 21.2. The molecule has 0 saturated heterocycles. The summed E-state index contributed by atoms with van der Waals surface area (Å²) in [6.07, 6.45) is 1.55. The summed E-state index contributed by atoms with van der Waals surface area (Å²) in [4.78, 5) is 40.8. The minimum atomic E-state index is -0.723. The first-order chi connectivity index (χ1) is 13.5. The van der Waals surface area contributed by atoms with Gasteiger partial charge < -0.3 is 15.2 Å². The van der Waals surface area contributed by atoms with E-state index in [9.17, 15) is 14.4 Å². The third kappa shape index (κ3) is 5.23. The van der Waals surface area contributed by atoms with Gasteiger partial charge in [-0.2, -0.15) is 0 Å². The number of aromatic amines is 1. The summed E-state index contributed by atoms with van der Waals surface area (Å²) >= 11 is 0. The standard InChI is InChI=1S/C19H26N4O5/c1-3-4-10-23-17(20)16(18(25)21-19(23)26)22(11-12-27-2)15(24)13-28-14-8-6-5-7-9-14/h5-9H,3-4,10-13,20H2,1-2H3,(H,21,25,26). The minimum absolute atomic E-state index is 0.0497. The predicted molar refractivity (Wildman–Crippen MR) is 107 cm³/mol. The smallest absolute Gasteiger partial charge is 0.330 e. The van der Waals surface area contributed by atoms with Crippen LogP contribution in [0.5, 0.6) is 5.75 Å². The summed E-state index contributed by atoms with van der Waals surface area (Å²) in [5.41, 5.74) is 4.72. The number of hydrogen-bond acceptors (Lipinski definition) is 6. The second-order valence-corrected chi connectivity index (χ2v) is 6.14. The monoisotopic (exact) mass is 390 g/mol. The van der Waals surface area contributed by atoms with Crippen molar-refractivity contribution in [3.63, 3.8) is 0 Å². The zero-order valence-corrected chi connectivity index (χ0v) is 16.1. The van der Waals surface area contributed by atoms with E-state index >= 15 is 0 Å². The quantitative estimate of drug-likeness (QED) is 0.624. The van der Waals surface area contributed by atoms with E-state index in [1.165, 1.54) is 16.6 Å². The second kappa shape index (κ2) is 10.3. The normalized spacial score (nSPS) is 10.6. The molecular weight excluding hydrogens is 364 g/mol. The van der Waals surface area contributed by atoms with Gasteiger partial charge >= 0.3 is 5.69 Å². The van der Waals surface area contributed by atoms with E-state index in [1.54, 1.807) is 24.3 Å². The third-order valence-electron chi connectivity index (χ3n) is 4.14. The summed E-state index contributed by atoms with van der Waals surface area (Å²) < 4.78 is 11.8. The number of rotatable bonds is 10. The number of nitrogen functional groups attached to an aromatic ring is 1. The number of benzene rings is 1. The van der Waals surface area contributed by atoms with Gasteiger partial charge in [0.2, 0.25) is 0 Å². The zero-order valence-electron chi connectivity index (χ0n) is 16.1. The molecular formula is C19H26N4O5. The lowest BCUT2D eigenvalue weighted by Crippen LogP contribution is -2.44. The van der Waals surface area contributed by atoms with Crippen molar-refractivity contribution in [2.24, 2.45) is 0 Å². The number of carbonyl (C=O) groups is 1. The highest BCUT2D eigenvalue weighted by atomic mass is 16.5. The van der Waals surface area contributed by atoms with Gasteiger partial charge in [-0.25, -0.2) is 4.79 Å². The molecule has 2 rings (SSSR count). The van der Waals surface area contributed by atoms with Gasteiger partial charge in [0, 0.05) is 20.2 Å². The van der Waals surface area contributed by atoms with Gasteiger partial charge in [0.1, 0.15) is 11.6 Å². The van der Waals surface area contributed by atoms with Crippen LogP contribution in [0.15, 0.2) is 39.9 Å². The van der Waals surface area contributed by atoms with E-state index in [1.807, 2.05) is 13.0 Å². The first-order valence-electron chi connectivity index (χ1n) is 9.09. The SMILES string of the molecule is CCCCn1c(N)c(N(CCOC)C(=O)COc2ccccc2)c(=O)[nH]c1=O. The number of H-pyrrole nitrogens is 1. The number of amides is 1. The molecule has 152 valence electrons. The number of hydrogen-bond donors (Lipinski definition) is 2.